The van der Waals surface area contributed by atoms with E-state index in [1.165, 1.54) is 6.07 Å². The van der Waals surface area contributed by atoms with E-state index in [9.17, 15) is 9.18 Å². The van der Waals surface area contributed by atoms with Crippen molar-refractivity contribution in [3.8, 4) is 0 Å². The molecule has 1 unspecified atom stereocenters. The Bertz CT molecular complexity index is 613. The lowest BCUT2D eigenvalue weighted by molar-refractivity contribution is -0.128. The molecule has 1 aromatic rings. The molecule has 0 spiro atoms. The van der Waals surface area contributed by atoms with Gasteiger partial charge in [-0.3, -0.25) is 9.79 Å². The van der Waals surface area contributed by atoms with Gasteiger partial charge in [-0.15, -0.1) is 0 Å². The molecular formula is C19H31FN4O. The monoisotopic (exact) mass is 350 g/mol. The van der Waals surface area contributed by atoms with Crippen LogP contribution in [0.15, 0.2) is 23.2 Å². The number of benzene rings is 1. The molecule has 140 valence electrons. The summed E-state index contributed by atoms with van der Waals surface area (Å²) < 4.78 is 13.8. The van der Waals surface area contributed by atoms with Gasteiger partial charge in [-0.2, -0.15) is 0 Å². The van der Waals surface area contributed by atoms with Crippen molar-refractivity contribution in [3.05, 3.63) is 35.1 Å². The van der Waals surface area contributed by atoms with Crippen molar-refractivity contribution in [2.75, 3.05) is 19.6 Å². The van der Waals surface area contributed by atoms with E-state index in [2.05, 4.69) is 20.9 Å². The quantitative estimate of drug-likeness (QED) is 0.523. The highest BCUT2D eigenvalue weighted by atomic mass is 19.1. The summed E-state index contributed by atoms with van der Waals surface area (Å²) >= 11 is 0. The highest BCUT2D eigenvalue weighted by Gasteiger charge is 2.27. The summed E-state index contributed by atoms with van der Waals surface area (Å²) in [7, 11) is 0. The van der Waals surface area contributed by atoms with E-state index in [1.54, 1.807) is 13.0 Å². The molecule has 0 bridgehead atoms. The van der Waals surface area contributed by atoms with Crippen LogP contribution in [-0.4, -0.2) is 31.5 Å². The fourth-order valence-electron chi connectivity index (χ4n) is 2.24. The van der Waals surface area contributed by atoms with Gasteiger partial charge in [0, 0.05) is 13.1 Å². The highest BCUT2D eigenvalue weighted by Crippen LogP contribution is 2.17. The highest BCUT2D eigenvalue weighted by molar-refractivity contribution is 5.83. The van der Waals surface area contributed by atoms with Gasteiger partial charge in [-0.05, 0) is 58.7 Å². The van der Waals surface area contributed by atoms with Crippen LogP contribution in [0.5, 0.6) is 0 Å². The van der Waals surface area contributed by atoms with Gasteiger partial charge >= 0.3 is 0 Å². The molecule has 0 aromatic heterocycles. The molecule has 0 aliphatic heterocycles. The third kappa shape index (κ3) is 6.36. The number of halogens is 1. The maximum Gasteiger partial charge on any atom is 0.227 e. The fraction of sp³-hybridized carbons (Fsp3) is 0.579. The molecule has 0 saturated carbocycles. The molecular weight excluding hydrogens is 319 g/mol. The van der Waals surface area contributed by atoms with Gasteiger partial charge in [0.25, 0.3) is 0 Å². The Labute approximate surface area is 150 Å². The van der Waals surface area contributed by atoms with Crippen LogP contribution in [0.3, 0.4) is 0 Å². The summed E-state index contributed by atoms with van der Waals surface area (Å²) in [5.74, 6) is 0.363. The Morgan fingerprint density at radius 3 is 2.44 bits per heavy atom. The maximum absolute atomic E-state index is 13.8. The second-order valence-electron chi connectivity index (χ2n) is 6.81. The largest absolute Gasteiger partial charge is 0.357 e. The number of aryl methyl sites for hydroxylation is 1. The van der Waals surface area contributed by atoms with Crippen LogP contribution in [-0.2, 0) is 4.79 Å². The summed E-state index contributed by atoms with van der Waals surface area (Å²) in [5, 5.41) is 9.26. The molecule has 1 rings (SSSR count). The molecule has 0 fully saturated rings. The zero-order valence-electron chi connectivity index (χ0n) is 16.2. The lowest BCUT2D eigenvalue weighted by atomic mass is 9.92. The molecule has 0 heterocycles. The second kappa shape index (κ2) is 9.39. The van der Waals surface area contributed by atoms with Crippen molar-refractivity contribution < 1.29 is 9.18 Å². The third-order valence-corrected chi connectivity index (χ3v) is 3.98. The number of amides is 1. The van der Waals surface area contributed by atoms with Crippen LogP contribution in [0.4, 0.5) is 4.39 Å². The second-order valence-corrected chi connectivity index (χ2v) is 6.81. The summed E-state index contributed by atoms with van der Waals surface area (Å²) in [5.41, 5.74) is 0.870. The number of carbonyl (C=O) groups excluding carboxylic acids is 1. The van der Waals surface area contributed by atoms with E-state index in [4.69, 9.17) is 0 Å². The topological polar surface area (TPSA) is 65.5 Å². The average Bonchev–Trinajstić information content (AvgIpc) is 2.55. The van der Waals surface area contributed by atoms with Crippen molar-refractivity contribution >= 4 is 11.9 Å². The zero-order valence-corrected chi connectivity index (χ0v) is 16.2. The molecule has 0 aliphatic carbocycles. The number of aliphatic imine (C=N–C) groups is 1. The van der Waals surface area contributed by atoms with Crippen LogP contribution in [0, 0.1) is 18.2 Å². The number of nitrogens with one attached hydrogen (secondary N) is 3. The van der Waals surface area contributed by atoms with E-state index in [1.807, 2.05) is 40.7 Å². The predicted molar refractivity (Wildman–Crippen MR) is 101 cm³/mol. The Kier molecular flexibility index (Phi) is 7.87. The first-order valence-electron chi connectivity index (χ1n) is 8.80. The minimum absolute atomic E-state index is 0.0248. The first-order valence-corrected chi connectivity index (χ1v) is 8.80. The molecule has 0 aliphatic rings. The number of hydrogen-bond acceptors (Lipinski definition) is 2. The first-order chi connectivity index (χ1) is 11.7. The molecule has 6 heteroatoms. The molecule has 25 heavy (non-hydrogen) atoms. The lowest BCUT2D eigenvalue weighted by Crippen LogP contribution is -2.42. The van der Waals surface area contributed by atoms with E-state index in [-0.39, 0.29) is 17.8 Å². The van der Waals surface area contributed by atoms with E-state index in [0.717, 1.165) is 5.56 Å². The SMILES string of the molecule is CCNC(=O)C(C)(C)CN=C(NCC)NC(C)c1ccc(C)c(F)c1. The lowest BCUT2D eigenvalue weighted by Gasteiger charge is -2.23. The Balaban J connectivity index is 2.84. The van der Waals surface area contributed by atoms with Crippen molar-refractivity contribution in [2.24, 2.45) is 10.4 Å². The predicted octanol–water partition coefficient (Wildman–Crippen LogP) is 2.91. The molecule has 3 N–H and O–H groups in total. The molecule has 1 amide bonds. The number of carbonyl (C=O) groups is 1. The van der Waals surface area contributed by atoms with Gasteiger partial charge in [0.2, 0.25) is 5.91 Å². The number of hydrogen-bond donors (Lipinski definition) is 3. The summed E-state index contributed by atoms with van der Waals surface area (Å²) in [6.07, 6.45) is 0. The van der Waals surface area contributed by atoms with E-state index in [0.29, 0.717) is 31.2 Å². The number of guanidine groups is 1. The van der Waals surface area contributed by atoms with Gasteiger partial charge in [0.05, 0.1) is 18.0 Å². The minimum atomic E-state index is -0.600. The van der Waals surface area contributed by atoms with Crippen molar-refractivity contribution in [1.82, 2.24) is 16.0 Å². The molecule has 1 aromatic carbocycles. The zero-order chi connectivity index (χ0) is 19.0. The molecule has 1 atom stereocenters. The van der Waals surface area contributed by atoms with Crippen LogP contribution < -0.4 is 16.0 Å². The van der Waals surface area contributed by atoms with Gasteiger partial charge in [-0.1, -0.05) is 12.1 Å². The van der Waals surface area contributed by atoms with Crippen molar-refractivity contribution in [3.63, 3.8) is 0 Å². The minimum Gasteiger partial charge on any atom is -0.357 e. The van der Waals surface area contributed by atoms with Gasteiger partial charge in [0.1, 0.15) is 5.82 Å². The summed E-state index contributed by atoms with van der Waals surface area (Å²) in [6.45, 7) is 12.9. The van der Waals surface area contributed by atoms with Gasteiger partial charge in [-0.25, -0.2) is 4.39 Å². The van der Waals surface area contributed by atoms with E-state index >= 15 is 0 Å². The van der Waals surface area contributed by atoms with Gasteiger partial charge < -0.3 is 16.0 Å². The number of rotatable bonds is 7. The molecule has 0 radical (unpaired) electrons. The first kappa shape index (κ1) is 20.9. The standard InChI is InChI=1S/C19H31FN4O/c1-7-21-17(25)19(5,6)12-23-18(22-8-2)24-14(4)15-10-9-13(3)16(20)11-15/h9-11,14H,7-8,12H2,1-6H3,(H,21,25)(H2,22,23,24). The van der Waals surface area contributed by atoms with Crippen molar-refractivity contribution in [2.45, 2.75) is 47.6 Å². The number of nitrogens with zero attached hydrogens (tertiary/aromatic N) is 1. The van der Waals surface area contributed by atoms with Crippen LogP contribution in [0.2, 0.25) is 0 Å². The van der Waals surface area contributed by atoms with Crippen LogP contribution in [0.25, 0.3) is 0 Å². The summed E-state index contributed by atoms with van der Waals surface area (Å²) in [4.78, 5) is 16.6. The smallest absolute Gasteiger partial charge is 0.227 e. The average molecular weight is 350 g/mol. The Hall–Kier alpha value is -2.11. The molecule has 0 saturated heterocycles. The molecule has 5 nitrogen and oxygen atoms in total. The normalized spacial score (nSPS) is 13.3. The van der Waals surface area contributed by atoms with E-state index < -0.39 is 5.41 Å². The van der Waals surface area contributed by atoms with Crippen LogP contribution >= 0.6 is 0 Å². The van der Waals surface area contributed by atoms with Crippen molar-refractivity contribution in [1.29, 1.82) is 0 Å². The third-order valence-electron chi connectivity index (χ3n) is 3.98. The Morgan fingerprint density at radius 1 is 1.24 bits per heavy atom. The Morgan fingerprint density at radius 2 is 1.88 bits per heavy atom. The summed E-state index contributed by atoms with van der Waals surface area (Å²) in [6, 6.07) is 5.10. The van der Waals surface area contributed by atoms with Crippen LogP contribution in [0.1, 0.15) is 51.8 Å². The fourth-order valence-corrected chi connectivity index (χ4v) is 2.24. The maximum atomic E-state index is 13.8. The van der Waals surface area contributed by atoms with Gasteiger partial charge in [0.15, 0.2) is 5.96 Å².